The molecule has 1 N–H and O–H groups in total. The van der Waals surface area contributed by atoms with Gasteiger partial charge < -0.3 is 5.32 Å². The van der Waals surface area contributed by atoms with Crippen LogP contribution in [0.4, 0.5) is 0 Å². The van der Waals surface area contributed by atoms with E-state index in [4.69, 9.17) is 4.98 Å². The largest absolute Gasteiger partial charge is 0.310 e. The molecule has 4 rings (SSSR count). The smallest absolute Gasteiger partial charge is 0.0740 e. The molecule has 116 valence electrons. The Morgan fingerprint density at radius 1 is 1.14 bits per heavy atom. The average molecular weight is 294 g/mol. The fraction of sp³-hybridized carbons (Fsp3) is 0.550. The molecule has 0 atom stereocenters. The van der Waals surface area contributed by atoms with Crippen LogP contribution in [0.3, 0.4) is 0 Å². The Labute approximate surface area is 133 Å². The van der Waals surface area contributed by atoms with Crippen molar-refractivity contribution in [1.82, 2.24) is 10.3 Å². The van der Waals surface area contributed by atoms with Gasteiger partial charge in [0.05, 0.1) is 5.52 Å². The zero-order valence-corrected chi connectivity index (χ0v) is 13.6. The molecule has 2 aliphatic carbocycles. The molecule has 1 fully saturated rings. The van der Waals surface area contributed by atoms with E-state index in [1.807, 2.05) is 0 Å². The molecule has 22 heavy (non-hydrogen) atoms. The molecule has 0 spiro atoms. The normalized spacial score (nSPS) is 18.2. The quantitative estimate of drug-likeness (QED) is 0.908. The Morgan fingerprint density at radius 3 is 2.82 bits per heavy atom. The molecule has 0 bridgehead atoms. The number of nitrogens with one attached hydrogen (secondary N) is 1. The average Bonchev–Trinajstić information content (AvgIpc) is 3.22. The highest BCUT2D eigenvalue weighted by molar-refractivity contribution is 5.86. The molecule has 1 heterocycles. The Balaban J connectivity index is 1.77. The number of rotatable bonds is 4. The van der Waals surface area contributed by atoms with Gasteiger partial charge in [0.1, 0.15) is 0 Å². The summed E-state index contributed by atoms with van der Waals surface area (Å²) in [5.41, 5.74) is 7.12. The highest BCUT2D eigenvalue weighted by Gasteiger charge is 2.21. The van der Waals surface area contributed by atoms with Crippen LogP contribution in [0.15, 0.2) is 18.2 Å². The second kappa shape index (κ2) is 6.00. The maximum absolute atomic E-state index is 5.04. The van der Waals surface area contributed by atoms with E-state index in [0.29, 0.717) is 0 Å². The summed E-state index contributed by atoms with van der Waals surface area (Å²) in [5, 5.41) is 5.22. The molecule has 1 aromatic heterocycles. The number of pyridine rings is 1. The molecule has 2 nitrogen and oxygen atoms in total. The summed E-state index contributed by atoms with van der Waals surface area (Å²) in [7, 11) is 0. The molecule has 0 amide bonds. The van der Waals surface area contributed by atoms with Crippen molar-refractivity contribution < 1.29 is 0 Å². The molecular formula is C20H26N2. The lowest BCUT2D eigenvalue weighted by Gasteiger charge is -2.17. The van der Waals surface area contributed by atoms with E-state index in [0.717, 1.165) is 19.0 Å². The van der Waals surface area contributed by atoms with Crippen LogP contribution in [0.25, 0.3) is 10.9 Å². The van der Waals surface area contributed by atoms with Crippen LogP contribution in [0.5, 0.6) is 0 Å². The summed E-state index contributed by atoms with van der Waals surface area (Å²) in [4.78, 5) is 5.04. The molecule has 1 saturated carbocycles. The molecule has 0 radical (unpaired) electrons. The topological polar surface area (TPSA) is 24.9 Å². The standard InChI is InChI=1S/C20H26N2/c1-2-14-7-5-11-17-18(13-21-15-8-3-4-9-15)16-10-6-12-19(16)22-20(14)17/h5,7,11,15,21H,2-4,6,8-10,12-13H2,1H3. The number of fused-ring (bicyclic) bond motifs is 2. The summed E-state index contributed by atoms with van der Waals surface area (Å²) < 4.78 is 0. The van der Waals surface area contributed by atoms with Crippen molar-refractivity contribution in [2.45, 2.75) is 70.9 Å². The van der Waals surface area contributed by atoms with E-state index in [1.54, 1.807) is 11.1 Å². The third kappa shape index (κ3) is 2.44. The lowest BCUT2D eigenvalue weighted by Crippen LogP contribution is -2.26. The summed E-state index contributed by atoms with van der Waals surface area (Å²) >= 11 is 0. The van der Waals surface area contributed by atoms with Crippen LogP contribution in [0.2, 0.25) is 0 Å². The Morgan fingerprint density at radius 2 is 2.00 bits per heavy atom. The van der Waals surface area contributed by atoms with Crippen LogP contribution >= 0.6 is 0 Å². The van der Waals surface area contributed by atoms with E-state index in [1.165, 1.54) is 67.1 Å². The van der Waals surface area contributed by atoms with E-state index < -0.39 is 0 Å². The first kappa shape index (κ1) is 14.2. The minimum absolute atomic E-state index is 0.731. The predicted molar refractivity (Wildman–Crippen MR) is 92.2 cm³/mol. The van der Waals surface area contributed by atoms with Gasteiger partial charge in [-0.15, -0.1) is 0 Å². The summed E-state index contributed by atoms with van der Waals surface area (Å²) in [6.07, 6.45) is 10.2. The van der Waals surface area contributed by atoms with E-state index in [9.17, 15) is 0 Å². The van der Waals surface area contributed by atoms with Crippen molar-refractivity contribution in [2.24, 2.45) is 0 Å². The van der Waals surface area contributed by atoms with Crippen LogP contribution in [0.1, 0.15) is 61.4 Å². The molecule has 2 heteroatoms. The number of hydrogen-bond donors (Lipinski definition) is 1. The van der Waals surface area contributed by atoms with Crippen LogP contribution < -0.4 is 5.32 Å². The van der Waals surface area contributed by atoms with Crippen molar-refractivity contribution >= 4 is 10.9 Å². The van der Waals surface area contributed by atoms with Gasteiger partial charge in [-0.05, 0) is 55.2 Å². The first-order valence-corrected chi connectivity index (χ1v) is 9.02. The van der Waals surface area contributed by atoms with Gasteiger partial charge in [0.15, 0.2) is 0 Å². The lowest BCUT2D eigenvalue weighted by atomic mass is 9.98. The van der Waals surface area contributed by atoms with Gasteiger partial charge >= 0.3 is 0 Å². The van der Waals surface area contributed by atoms with E-state index in [-0.39, 0.29) is 0 Å². The lowest BCUT2D eigenvalue weighted by molar-refractivity contribution is 0.524. The third-order valence-electron chi connectivity index (χ3n) is 5.55. The molecule has 1 aromatic carbocycles. The first-order chi connectivity index (χ1) is 10.9. The van der Waals surface area contributed by atoms with Crippen molar-refractivity contribution in [3.63, 3.8) is 0 Å². The van der Waals surface area contributed by atoms with Crippen molar-refractivity contribution in [2.75, 3.05) is 0 Å². The van der Waals surface area contributed by atoms with Gasteiger partial charge in [0, 0.05) is 23.7 Å². The zero-order chi connectivity index (χ0) is 14.9. The van der Waals surface area contributed by atoms with Gasteiger partial charge in [-0.3, -0.25) is 4.98 Å². The molecule has 2 aliphatic rings. The fourth-order valence-electron chi connectivity index (χ4n) is 4.30. The van der Waals surface area contributed by atoms with Gasteiger partial charge in [-0.1, -0.05) is 38.0 Å². The maximum Gasteiger partial charge on any atom is 0.0740 e. The van der Waals surface area contributed by atoms with Gasteiger partial charge in [-0.25, -0.2) is 0 Å². The third-order valence-corrected chi connectivity index (χ3v) is 5.55. The zero-order valence-electron chi connectivity index (χ0n) is 13.6. The second-order valence-electron chi connectivity index (χ2n) is 6.90. The van der Waals surface area contributed by atoms with Crippen LogP contribution in [0, 0.1) is 0 Å². The highest BCUT2D eigenvalue weighted by Crippen LogP contribution is 2.32. The number of benzene rings is 1. The van der Waals surface area contributed by atoms with Crippen molar-refractivity contribution in [3.8, 4) is 0 Å². The number of aryl methyl sites for hydroxylation is 2. The van der Waals surface area contributed by atoms with Crippen molar-refractivity contribution in [1.29, 1.82) is 0 Å². The van der Waals surface area contributed by atoms with Gasteiger partial charge in [0.2, 0.25) is 0 Å². The van der Waals surface area contributed by atoms with E-state index in [2.05, 4.69) is 30.4 Å². The molecule has 0 aliphatic heterocycles. The monoisotopic (exact) mass is 294 g/mol. The maximum atomic E-state index is 5.04. The number of hydrogen-bond acceptors (Lipinski definition) is 2. The first-order valence-electron chi connectivity index (χ1n) is 9.02. The summed E-state index contributed by atoms with van der Waals surface area (Å²) in [6.45, 7) is 3.26. The van der Waals surface area contributed by atoms with Crippen LogP contribution in [-0.2, 0) is 25.8 Å². The minimum atomic E-state index is 0.731. The molecule has 0 saturated heterocycles. The Bertz CT molecular complexity index is 684. The predicted octanol–water partition coefficient (Wildman–Crippen LogP) is 4.32. The Hall–Kier alpha value is -1.41. The van der Waals surface area contributed by atoms with E-state index >= 15 is 0 Å². The summed E-state index contributed by atoms with van der Waals surface area (Å²) in [6, 6.07) is 7.47. The Kier molecular flexibility index (Phi) is 3.87. The summed E-state index contributed by atoms with van der Waals surface area (Å²) in [5.74, 6) is 0. The number of para-hydroxylation sites is 1. The highest BCUT2D eigenvalue weighted by atomic mass is 14.9. The SMILES string of the molecule is CCc1cccc2c(CNC3CCCC3)c3c(nc12)CCC3. The fourth-order valence-corrected chi connectivity index (χ4v) is 4.30. The second-order valence-corrected chi connectivity index (χ2v) is 6.90. The van der Waals surface area contributed by atoms with Crippen molar-refractivity contribution in [3.05, 3.63) is 40.6 Å². The van der Waals surface area contributed by atoms with Gasteiger partial charge in [0.25, 0.3) is 0 Å². The number of aromatic nitrogens is 1. The minimum Gasteiger partial charge on any atom is -0.310 e. The molecule has 2 aromatic rings. The number of nitrogens with zero attached hydrogens (tertiary/aromatic N) is 1. The van der Waals surface area contributed by atoms with Gasteiger partial charge in [-0.2, -0.15) is 0 Å². The van der Waals surface area contributed by atoms with Crippen LogP contribution in [-0.4, -0.2) is 11.0 Å². The molecule has 0 unspecified atom stereocenters. The molecular weight excluding hydrogens is 268 g/mol.